The van der Waals surface area contributed by atoms with E-state index in [0.29, 0.717) is 18.0 Å². The van der Waals surface area contributed by atoms with Crippen LogP contribution in [0.25, 0.3) is 0 Å². The molecule has 2 aliphatic heterocycles. The molecule has 154 valence electrons. The Labute approximate surface area is 171 Å². The average Bonchev–Trinajstić information content (AvgIpc) is 3.24. The highest BCUT2D eigenvalue weighted by Gasteiger charge is 2.55. The predicted molar refractivity (Wildman–Crippen MR) is 104 cm³/mol. The molecule has 3 amide bonds. The molecule has 2 aromatic carbocycles. The van der Waals surface area contributed by atoms with Crippen LogP contribution in [0.2, 0.25) is 0 Å². The zero-order valence-electron chi connectivity index (χ0n) is 16.0. The monoisotopic (exact) mass is 411 g/mol. The number of carbonyl (C=O) groups is 3. The minimum Gasteiger partial charge on any atom is -0.494 e. The number of para-hydroxylation sites is 1. The van der Waals surface area contributed by atoms with Gasteiger partial charge < -0.3 is 10.1 Å². The summed E-state index contributed by atoms with van der Waals surface area (Å²) in [4.78, 5) is 39.0. The van der Waals surface area contributed by atoms with Gasteiger partial charge in [0.05, 0.1) is 18.0 Å². The molecular formula is C20H18FN5O4. The molecule has 30 heavy (non-hydrogen) atoms. The van der Waals surface area contributed by atoms with Crippen LogP contribution in [0.5, 0.6) is 5.75 Å². The number of amides is 3. The van der Waals surface area contributed by atoms with Crippen molar-refractivity contribution in [3.8, 4) is 5.75 Å². The van der Waals surface area contributed by atoms with Gasteiger partial charge in [0.1, 0.15) is 18.1 Å². The summed E-state index contributed by atoms with van der Waals surface area (Å²) >= 11 is 0. The number of benzene rings is 2. The number of fused-ring (bicyclic) bond motifs is 1. The number of halogens is 1. The number of rotatable bonds is 6. The maximum Gasteiger partial charge on any atom is 0.263 e. The molecule has 0 unspecified atom stereocenters. The van der Waals surface area contributed by atoms with Gasteiger partial charge in [0, 0.05) is 0 Å². The summed E-state index contributed by atoms with van der Waals surface area (Å²) < 4.78 is 19.1. The second-order valence-corrected chi connectivity index (χ2v) is 6.66. The third kappa shape index (κ3) is 3.47. The summed E-state index contributed by atoms with van der Waals surface area (Å²) in [5, 5.41) is 11.2. The summed E-state index contributed by atoms with van der Waals surface area (Å²) in [7, 11) is 0. The lowest BCUT2D eigenvalue weighted by atomic mass is 10.1. The molecule has 1 N–H and O–H groups in total. The van der Waals surface area contributed by atoms with Crippen molar-refractivity contribution in [1.29, 1.82) is 0 Å². The molecule has 0 spiro atoms. The highest BCUT2D eigenvalue weighted by Crippen LogP contribution is 2.32. The quantitative estimate of drug-likeness (QED) is 0.734. The van der Waals surface area contributed by atoms with Gasteiger partial charge in [0.2, 0.25) is 5.91 Å². The van der Waals surface area contributed by atoms with Crippen LogP contribution in [0.4, 0.5) is 15.8 Å². The van der Waals surface area contributed by atoms with E-state index in [1.54, 1.807) is 30.3 Å². The molecule has 10 heteroatoms. The van der Waals surface area contributed by atoms with Crippen LogP contribution in [0.1, 0.15) is 6.92 Å². The van der Waals surface area contributed by atoms with Crippen LogP contribution in [0.15, 0.2) is 58.9 Å². The first-order valence-electron chi connectivity index (χ1n) is 9.32. The molecule has 0 radical (unpaired) electrons. The number of nitrogens with zero attached hydrogens (tertiary/aromatic N) is 4. The number of carbonyl (C=O) groups excluding carboxylic acids is 3. The van der Waals surface area contributed by atoms with Gasteiger partial charge in [0.15, 0.2) is 12.1 Å². The fourth-order valence-electron chi connectivity index (χ4n) is 3.37. The van der Waals surface area contributed by atoms with Gasteiger partial charge in [-0.15, -0.1) is 0 Å². The summed E-state index contributed by atoms with van der Waals surface area (Å²) in [6, 6.07) is 10.2. The largest absolute Gasteiger partial charge is 0.494 e. The second kappa shape index (κ2) is 7.90. The van der Waals surface area contributed by atoms with Gasteiger partial charge in [-0.25, -0.2) is 9.29 Å². The van der Waals surface area contributed by atoms with Crippen molar-refractivity contribution in [3.05, 3.63) is 54.3 Å². The molecule has 0 saturated carbocycles. The van der Waals surface area contributed by atoms with Gasteiger partial charge >= 0.3 is 0 Å². The summed E-state index contributed by atoms with van der Waals surface area (Å²) in [6.07, 6.45) is 0. The van der Waals surface area contributed by atoms with Crippen molar-refractivity contribution in [2.75, 3.05) is 23.4 Å². The van der Waals surface area contributed by atoms with E-state index in [4.69, 9.17) is 4.74 Å². The Hall–Kier alpha value is -3.82. The Morgan fingerprint density at radius 2 is 1.87 bits per heavy atom. The topological polar surface area (TPSA) is 104 Å². The Bertz CT molecular complexity index is 1030. The Balaban J connectivity index is 1.47. The molecule has 0 aromatic heterocycles. The fraction of sp³-hybridized carbons (Fsp3) is 0.250. The molecule has 2 heterocycles. The standard InChI is InChI=1S/C20H18FN5O4/c1-2-30-13-9-7-12(8-10-13)26-19(28)17-18(20(26)29)25(24-23-17)11-16(27)22-15-6-4-3-5-14(15)21/h3-10,17-18H,2,11H2,1H3,(H,22,27)/t17-,18-/m1/s1. The minimum absolute atomic E-state index is 0.0139. The molecule has 0 bridgehead atoms. The lowest BCUT2D eigenvalue weighted by Gasteiger charge is -2.20. The van der Waals surface area contributed by atoms with Gasteiger partial charge in [-0.1, -0.05) is 17.4 Å². The van der Waals surface area contributed by atoms with Crippen LogP contribution in [0, 0.1) is 5.82 Å². The summed E-state index contributed by atoms with van der Waals surface area (Å²) in [6.45, 7) is 2.00. The molecule has 1 saturated heterocycles. The van der Waals surface area contributed by atoms with Crippen molar-refractivity contribution in [1.82, 2.24) is 5.01 Å². The van der Waals surface area contributed by atoms with Crippen molar-refractivity contribution in [2.24, 2.45) is 10.3 Å². The molecule has 2 aromatic rings. The average molecular weight is 411 g/mol. The summed E-state index contributed by atoms with van der Waals surface area (Å²) in [5.74, 6) is -1.60. The first-order valence-corrected chi connectivity index (χ1v) is 9.32. The first-order chi connectivity index (χ1) is 14.5. The van der Waals surface area contributed by atoms with Crippen LogP contribution in [-0.4, -0.2) is 48.0 Å². The van der Waals surface area contributed by atoms with E-state index in [0.717, 1.165) is 9.91 Å². The maximum atomic E-state index is 13.7. The zero-order chi connectivity index (χ0) is 21.3. The molecule has 2 aliphatic rings. The van der Waals surface area contributed by atoms with Crippen LogP contribution in [0.3, 0.4) is 0 Å². The Morgan fingerprint density at radius 1 is 1.13 bits per heavy atom. The number of hydrogen-bond donors (Lipinski definition) is 1. The molecule has 4 rings (SSSR count). The zero-order valence-corrected chi connectivity index (χ0v) is 16.0. The number of imide groups is 1. The number of nitrogens with one attached hydrogen (secondary N) is 1. The molecule has 0 aliphatic carbocycles. The van der Waals surface area contributed by atoms with Gasteiger partial charge in [-0.2, -0.15) is 5.11 Å². The highest BCUT2D eigenvalue weighted by molar-refractivity contribution is 6.25. The fourth-order valence-corrected chi connectivity index (χ4v) is 3.37. The van der Waals surface area contributed by atoms with E-state index in [2.05, 4.69) is 15.7 Å². The smallest absolute Gasteiger partial charge is 0.263 e. The minimum atomic E-state index is -1.02. The van der Waals surface area contributed by atoms with E-state index < -0.39 is 35.6 Å². The number of anilines is 2. The third-order valence-corrected chi connectivity index (χ3v) is 4.72. The van der Waals surface area contributed by atoms with Gasteiger partial charge in [-0.05, 0) is 43.3 Å². The Morgan fingerprint density at radius 3 is 2.57 bits per heavy atom. The molecule has 2 atom stereocenters. The first kappa shape index (κ1) is 19.5. The second-order valence-electron chi connectivity index (χ2n) is 6.66. The van der Waals surface area contributed by atoms with E-state index in [9.17, 15) is 18.8 Å². The molecule has 9 nitrogen and oxygen atoms in total. The molecular weight excluding hydrogens is 393 g/mol. The van der Waals surface area contributed by atoms with Crippen molar-refractivity contribution < 1.29 is 23.5 Å². The van der Waals surface area contributed by atoms with Crippen molar-refractivity contribution in [2.45, 2.75) is 19.0 Å². The third-order valence-electron chi connectivity index (χ3n) is 4.72. The maximum absolute atomic E-state index is 13.7. The predicted octanol–water partition coefficient (Wildman–Crippen LogP) is 2.16. The Kier molecular flexibility index (Phi) is 5.13. The van der Waals surface area contributed by atoms with Crippen LogP contribution >= 0.6 is 0 Å². The summed E-state index contributed by atoms with van der Waals surface area (Å²) in [5.41, 5.74) is 0.397. The van der Waals surface area contributed by atoms with E-state index >= 15 is 0 Å². The molecule has 1 fully saturated rings. The number of hydrogen-bond acceptors (Lipinski definition) is 7. The number of ether oxygens (including phenoxy) is 1. The van der Waals surface area contributed by atoms with Gasteiger partial charge in [-0.3, -0.25) is 19.4 Å². The normalized spacial score (nSPS) is 19.9. The van der Waals surface area contributed by atoms with Crippen LogP contribution < -0.4 is 15.0 Å². The van der Waals surface area contributed by atoms with Gasteiger partial charge in [0.25, 0.3) is 11.8 Å². The van der Waals surface area contributed by atoms with E-state index in [1.807, 2.05) is 6.92 Å². The lowest BCUT2D eigenvalue weighted by molar-refractivity contribution is -0.123. The van der Waals surface area contributed by atoms with E-state index in [-0.39, 0.29) is 12.2 Å². The SMILES string of the molecule is CCOc1ccc(N2C(=O)[C@@H]3N=NN(CC(=O)Nc4ccccc4F)[C@H]3C2=O)cc1. The van der Waals surface area contributed by atoms with Crippen LogP contribution in [-0.2, 0) is 14.4 Å². The van der Waals surface area contributed by atoms with Crippen molar-refractivity contribution >= 4 is 29.1 Å². The van der Waals surface area contributed by atoms with Crippen molar-refractivity contribution in [3.63, 3.8) is 0 Å². The van der Waals surface area contributed by atoms with E-state index in [1.165, 1.54) is 18.2 Å². The highest BCUT2D eigenvalue weighted by atomic mass is 19.1. The lowest BCUT2D eigenvalue weighted by Crippen LogP contribution is -2.43.